The van der Waals surface area contributed by atoms with E-state index < -0.39 is 0 Å². The minimum absolute atomic E-state index is 0. The highest BCUT2D eigenvalue weighted by atomic mass is 35.5. The van der Waals surface area contributed by atoms with E-state index >= 15 is 0 Å². The van der Waals surface area contributed by atoms with Gasteiger partial charge >= 0.3 is 0 Å². The number of likely N-dealkylation sites (tertiary alicyclic amines) is 1. The van der Waals surface area contributed by atoms with E-state index in [4.69, 9.17) is 0 Å². The topological polar surface area (TPSA) is 29.1 Å². The Kier molecular flexibility index (Phi) is 10.4. The summed E-state index contributed by atoms with van der Waals surface area (Å²) in [5, 5.41) is 3.35. The van der Waals surface area contributed by atoms with Gasteiger partial charge in [0.05, 0.1) is 26.2 Å². The number of rotatable bonds is 10. The SMILES string of the molecule is C=Cc1ccc(C[N+]2(CCNC(=O)CC[C@@H](C)[C@H]3CC[C@H]4[C@@H]5CCC6CCCC[C@]6(C)[C@H]5CC[C@]34C)CCCC2)cc1.[Cl-]. The normalized spacial score (nSPS) is 36.9. The quantitative estimate of drug-likeness (QED) is 0.323. The van der Waals surface area contributed by atoms with Crippen LogP contribution in [-0.2, 0) is 11.3 Å². The zero-order valence-corrected chi connectivity index (χ0v) is 28.5. The number of fused-ring (bicyclic) bond motifs is 5. The van der Waals surface area contributed by atoms with Crippen LogP contribution >= 0.6 is 0 Å². The lowest BCUT2D eigenvalue weighted by atomic mass is 9.44. The summed E-state index contributed by atoms with van der Waals surface area (Å²) in [5.41, 5.74) is 3.73. The first kappa shape index (κ1) is 33.1. The zero-order valence-electron chi connectivity index (χ0n) is 27.7. The molecule has 8 atom stereocenters. The molecule has 4 aliphatic carbocycles. The molecule has 5 fully saturated rings. The molecule has 4 saturated carbocycles. The molecular weight excluding hydrogens is 548 g/mol. The predicted molar refractivity (Wildman–Crippen MR) is 176 cm³/mol. The molecule has 43 heavy (non-hydrogen) atoms. The van der Waals surface area contributed by atoms with Gasteiger partial charge in [-0.3, -0.25) is 4.79 Å². The van der Waals surface area contributed by atoms with Gasteiger partial charge in [0, 0.05) is 24.8 Å². The maximum absolute atomic E-state index is 13.1. The van der Waals surface area contributed by atoms with Crippen LogP contribution in [0, 0.1) is 46.3 Å². The number of halogens is 1. The van der Waals surface area contributed by atoms with Crippen LogP contribution in [0.1, 0.15) is 122 Å². The molecule has 1 saturated heterocycles. The van der Waals surface area contributed by atoms with Gasteiger partial charge in [0.2, 0.25) is 5.91 Å². The summed E-state index contributed by atoms with van der Waals surface area (Å²) in [6.45, 7) is 17.2. The molecule has 1 unspecified atom stereocenters. The van der Waals surface area contributed by atoms with E-state index in [1.54, 1.807) is 0 Å². The molecule has 1 aromatic carbocycles. The van der Waals surface area contributed by atoms with Gasteiger partial charge in [-0.2, -0.15) is 0 Å². The fourth-order valence-corrected chi connectivity index (χ4v) is 12.0. The third kappa shape index (κ3) is 6.51. The molecule has 1 N–H and O–H groups in total. The van der Waals surface area contributed by atoms with Crippen molar-refractivity contribution >= 4 is 12.0 Å². The highest BCUT2D eigenvalue weighted by Crippen LogP contribution is 2.68. The van der Waals surface area contributed by atoms with Crippen LogP contribution in [0.25, 0.3) is 6.08 Å². The third-order valence-corrected chi connectivity index (χ3v) is 14.3. The fraction of sp³-hybridized carbons (Fsp3) is 0.769. The Labute approximate surface area is 270 Å². The van der Waals surface area contributed by atoms with Crippen LogP contribution in [0.5, 0.6) is 0 Å². The van der Waals surface area contributed by atoms with Gasteiger partial charge in [0.1, 0.15) is 6.54 Å². The Morgan fingerprint density at radius 1 is 0.953 bits per heavy atom. The predicted octanol–water partition coefficient (Wildman–Crippen LogP) is 6.03. The second kappa shape index (κ2) is 13.6. The zero-order chi connectivity index (χ0) is 29.4. The van der Waals surface area contributed by atoms with Crippen molar-refractivity contribution < 1.29 is 21.7 Å². The van der Waals surface area contributed by atoms with E-state index in [2.05, 4.69) is 56.9 Å². The number of quaternary nitrogens is 1. The van der Waals surface area contributed by atoms with E-state index in [9.17, 15) is 4.79 Å². The lowest BCUT2D eigenvalue weighted by Gasteiger charge is -2.61. The molecule has 240 valence electrons. The second-order valence-electron chi connectivity index (χ2n) is 16.3. The van der Waals surface area contributed by atoms with Crippen LogP contribution in [-0.4, -0.2) is 36.6 Å². The largest absolute Gasteiger partial charge is 1.00 e. The number of hydrogen-bond acceptors (Lipinski definition) is 1. The number of nitrogens with one attached hydrogen (secondary N) is 1. The number of amides is 1. The van der Waals surface area contributed by atoms with Gasteiger partial charge in [0.25, 0.3) is 0 Å². The number of nitrogens with zero attached hydrogens (tertiary/aromatic N) is 1. The van der Waals surface area contributed by atoms with Crippen LogP contribution in [0.2, 0.25) is 0 Å². The average Bonchev–Trinajstić information content (AvgIpc) is 3.60. The van der Waals surface area contributed by atoms with Crippen molar-refractivity contribution in [3.05, 3.63) is 42.0 Å². The summed E-state index contributed by atoms with van der Waals surface area (Å²) in [6.07, 6.45) is 21.0. The highest BCUT2D eigenvalue weighted by molar-refractivity contribution is 5.75. The first-order valence-corrected chi connectivity index (χ1v) is 18.1. The Bertz CT molecular complexity index is 1090. The van der Waals surface area contributed by atoms with E-state index in [-0.39, 0.29) is 18.3 Å². The number of carbonyl (C=O) groups excluding carboxylic acids is 1. The molecule has 5 aliphatic rings. The minimum atomic E-state index is 0. The van der Waals surface area contributed by atoms with E-state index in [0.717, 1.165) is 60.1 Å². The summed E-state index contributed by atoms with van der Waals surface area (Å²) in [6, 6.07) is 8.88. The van der Waals surface area contributed by atoms with E-state index in [1.807, 2.05) is 6.08 Å². The maximum atomic E-state index is 13.1. The molecule has 1 heterocycles. The van der Waals surface area contributed by atoms with Gasteiger partial charge in [-0.25, -0.2) is 0 Å². The van der Waals surface area contributed by atoms with Gasteiger partial charge in [0.15, 0.2) is 0 Å². The van der Waals surface area contributed by atoms with Crippen LogP contribution in [0.3, 0.4) is 0 Å². The van der Waals surface area contributed by atoms with Crippen molar-refractivity contribution in [2.24, 2.45) is 46.3 Å². The van der Waals surface area contributed by atoms with Crippen molar-refractivity contribution in [2.45, 2.75) is 117 Å². The van der Waals surface area contributed by atoms with Gasteiger partial charge in [-0.05, 0) is 110 Å². The van der Waals surface area contributed by atoms with Crippen molar-refractivity contribution in [3.8, 4) is 0 Å². The van der Waals surface area contributed by atoms with Gasteiger partial charge in [-0.15, -0.1) is 0 Å². The summed E-state index contributed by atoms with van der Waals surface area (Å²) in [4.78, 5) is 13.1. The third-order valence-electron chi connectivity index (χ3n) is 14.3. The molecule has 1 aromatic rings. The lowest BCUT2D eigenvalue weighted by Crippen LogP contribution is -3.00. The van der Waals surface area contributed by atoms with Crippen LogP contribution in [0.15, 0.2) is 30.8 Å². The molecular formula is C39H61ClN2O. The Balaban J connectivity index is 0.00000368. The van der Waals surface area contributed by atoms with Gasteiger partial charge in [-0.1, -0.05) is 70.5 Å². The molecule has 0 radical (unpaired) electrons. The van der Waals surface area contributed by atoms with Crippen LogP contribution in [0.4, 0.5) is 0 Å². The second-order valence-corrected chi connectivity index (χ2v) is 16.3. The van der Waals surface area contributed by atoms with Crippen molar-refractivity contribution in [3.63, 3.8) is 0 Å². The van der Waals surface area contributed by atoms with Crippen molar-refractivity contribution in [1.29, 1.82) is 0 Å². The summed E-state index contributed by atoms with van der Waals surface area (Å²) in [5.74, 6) is 5.65. The molecule has 0 bridgehead atoms. The molecule has 4 heteroatoms. The minimum Gasteiger partial charge on any atom is -1.00 e. The average molecular weight is 609 g/mol. The molecule has 3 nitrogen and oxygen atoms in total. The summed E-state index contributed by atoms with van der Waals surface area (Å²) in [7, 11) is 0. The van der Waals surface area contributed by atoms with E-state index in [1.165, 1.54) is 101 Å². The number of carbonyl (C=O) groups is 1. The molecule has 1 amide bonds. The molecule has 0 aromatic heterocycles. The Hall–Kier alpha value is -1.32. The fourth-order valence-electron chi connectivity index (χ4n) is 12.0. The van der Waals surface area contributed by atoms with Crippen LogP contribution < -0.4 is 17.7 Å². The molecule has 0 spiro atoms. The number of hydrogen-bond donors (Lipinski definition) is 1. The Morgan fingerprint density at radius 3 is 2.44 bits per heavy atom. The van der Waals surface area contributed by atoms with Gasteiger partial charge < -0.3 is 22.2 Å². The highest BCUT2D eigenvalue weighted by Gasteiger charge is 2.60. The standard InChI is InChI=1S/C39H60N2O.ClH/c1-5-30-12-14-31(15-13-30)28-41(25-8-9-26-41)27-24-40-37(42)20-11-29(2)34-18-19-35-33-17-16-32-10-6-7-22-38(32,3)36(33)21-23-39(34,35)4;/h5,12-15,29,32-36H,1,6-11,16-28H2,2-4H3;1H/t29-,32?,33+,34-,35+,36+,38+,39-;/m1./s1. The first-order valence-electron chi connectivity index (χ1n) is 18.1. The summed E-state index contributed by atoms with van der Waals surface area (Å²) >= 11 is 0. The Morgan fingerprint density at radius 2 is 1.70 bits per heavy atom. The van der Waals surface area contributed by atoms with Crippen molar-refractivity contribution in [2.75, 3.05) is 26.2 Å². The monoisotopic (exact) mass is 608 g/mol. The summed E-state index contributed by atoms with van der Waals surface area (Å²) < 4.78 is 1.12. The lowest BCUT2D eigenvalue weighted by molar-refractivity contribution is -0.928. The number of benzene rings is 1. The van der Waals surface area contributed by atoms with E-state index in [0.29, 0.717) is 23.2 Å². The van der Waals surface area contributed by atoms with Crippen molar-refractivity contribution in [1.82, 2.24) is 5.32 Å². The molecule has 6 rings (SSSR count). The molecule has 1 aliphatic heterocycles. The smallest absolute Gasteiger partial charge is 0.220 e. The first-order chi connectivity index (χ1) is 20.3. The maximum Gasteiger partial charge on any atom is 0.220 e.